The van der Waals surface area contributed by atoms with Gasteiger partial charge in [-0.25, -0.2) is 0 Å². The van der Waals surface area contributed by atoms with E-state index in [1.807, 2.05) is 13.0 Å². The van der Waals surface area contributed by atoms with E-state index in [0.717, 1.165) is 41.5 Å². The fourth-order valence-electron chi connectivity index (χ4n) is 5.12. The number of nitrogens with zero attached hydrogens (tertiary/aromatic N) is 2. The molecule has 0 amide bonds. The summed E-state index contributed by atoms with van der Waals surface area (Å²) in [6.45, 7) is 3.01. The minimum atomic E-state index is -0.724. The quantitative estimate of drug-likeness (QED) is 0.746. The van der Waals surface area contributed by atoms with Crippen molar-refractivity contribution in [1.29, 1.82) is 0 Å². The van der Waals surface area contributed by atoms with Crippen LogP contribution in [0.1, 0.15) is 42.5 Å². The van der Waals surface area contributed by atoms with Gasteiger partial charge in [0.05, 0.1) is 11.1 Å². The molecule has 0 saturated carbocycles. The summed E-state index contributed by atoms with van der Waals surface area (Å²) in [4.78, 5) is 7.22. The van der Waals surface area contributed by atoms with E-state index in [4.69, 9.17) is 0 Å². The molecule has 2 fully saturated rings. The zero-order valence-corrected chi connectivity index (χ0v) is 15.8. The average Bonchev–Trinajstić information content (AvgIpc) is 2.92. The third kappa shape index (κ3) is 3.05. The topological polar surface area (TPSA) is 36.4 Å². The number of pyridine rings is 1. The second kappa shape index (κ2) is 6.43. The molecule has 2 atom stereocenters. The number of piperidine rings is 1. The van der Waals surface area contributed by atoms with E-state index in [1.165, 1.54) is 18.4 Å². The lowest BCUT2D eigenvalue weighted by Crippen LogP contribution is -2.49. The number of aliphatic hydroxyl groups is 1. The van der Waals surface area contributed by atoms with E-state index in [1.54, 1.807) is 0 Å². The van der Waals surface area contributed by atoms with Crippen molar-refractivity contribution in [3.63, 3.8) is 0 Å². The second-order valence-corrected chi connectivity index (χ2v) is 8.34. The highest BCUT2D eigenvalue weighted by Gasteiger charge is 2.48. The van der Waals surface area contributed by atoms with Crippen LogP contribution in [0.25, 0.3) is 10.9 Å². The molecule has 0 aliphatic carbocycles. The molecule has 0 radical (unpaired) electrons. The zero-order chi connectivity index (χ0) is 18.4. The molecule has 2 unspecified atom stereocenters. The molecule has 1 aromatic heterocycles. The van der Waals surface area contributed by atoms with Crippen molar-refractivity contribution >= 4 is 10.9 Å². The van der Waals surface area contributed by atoms with Crippen molar-refractivity contribution < 1.29 is 5.11 Å². The maximum Gasteiger partial charge on any atom is 0.0926 e. The average molecular weight is 358 g/mol. The van der Waals surface area contributed by atoms with Crippen LogP contribution in [0.4, 0.5) is 0 Å². The Labute approximate surface area is 160 Å². The Morgan fingerprint density at radius 2 is 1.74 bits per heavy atom. The van der Waals surface area contributed by atoms with Gasteiger partial charge < -0.3 is 5.11 Å². The SMILES string of the molecule is Cc1ccc2cc(C3(O)CC4CCC(C3)N4Cc3ccccc3)ccc2n1. The van der Waals surface area contributed by atoms with Crippen LogP contribution in [0, 0.1) is 6.92 Å². The third-order valence-corrected chi connectivity index (χ3v) is 6.49. The van der Waals surface area contributed by atoms with Gasteiger partial charge in [-0.15, -0.1) is 0 Å². The van der Waals surface area contributed by atoms with E-state index < -0.39 is 5.60 Å². The summed E-state index contributed by atoms with van der Waals surface area (Å²) < 4.78 is 0. The molecule has 3 nitrogen and oxygen atoms in total. The van der Waals surface area contributed by atoms with E-state index in [0.29, 0.717) is 12.1 Å². The van der Waals surface area contributed by atoms with Crippen molar-refractivity contribution in [3.05, 3.63) is 77.5 Å². The van der Waals surface area contributed by atoms with Gasteiger partial charge in [0, 0.05) is 29.7 Å². The number of benzene rings is 2. The summed E-state index contributed by atoms with van der Waals surface area (Å²) >= 11 is 0. The Bertz CT molecular complexity index is 955. The molecule has 3 aromatic rings. The normalized spacial score (nSPS) is 27.9. The Balaban J connectivity index is 1.41. The number of fused-ring (bicyclic) bond motifs is 3. The maximum atomic E-state index is 11.6. The number of hydrogen-bond acceptors (Lipinski definition) is 3. The molecule has 1 N–H and O–H groups in total. The van der Waals surface area contributed by atoms with Crippen LogP contribution in [-0.2, 0) is 12.1 Å². The Kier molecular flexibility index (Phi) is 4.03. The van der Waals surface area contributed by atoms with Crippen LogP contribution in [-0.4, -0.2) is 27.1 Å². The van der Waals surface area contributed by atoms with Crippen LogP contribution < -0.4 is 0 Å². The summed E-state index contributed by atoms with van der Waals surface area (Å²) in [5, 5.41) is 12.7. The molecule has 0 spiro atoms. The standard InChI is InChI=1S/C24H26N2O/c1-17-7-8-19-13-20(9-12-23(19)25-17)24(27)14-21-10-11-22(15-24)26(21)16-18-5-3-2-4-6-18/h2-9,12-13,21-22,27H,10-11,14-16H2,1H3. The van der Waals surface area contributed by atoms with Gasteiger partial charge >= 0.3 is 0 Å². The molecule has 3 heterocycles. The molecular formula is C24H26N2O. The van der Waals surface area contributed by atoms with Crippen LogP contribution in [0.15, 0.2) is 60.7 Å². The molecule has 3 heteroatoms. The number of hydrogen-bond donors (Lipinski definition) is 1. The number of aryl methyl sites for hydroxylation is 1. The number of aromatic nitrogens is 1. The van der Waals surface area contributed by atoms with Gasteiger partial charge in [0.15, 0.2) is 0 Å². The Morgan fingerprint density at radius 1 is 1.00 bits per heavy atom. The molecule has 2 saturated heterocycles. The van der Waals surface area contributed by atoms with Crippen LogP contribution in [0.2, 0.25) is 0 Å². The molecule has 2 aliphatic rings. The van der Waals surface area contributed by atoms with Crippen LogP contribution in [0.5, 0.6) is 0 Å². The van der Waals surface area contributed by atoms with Gasteiger partial charge in [-0.2, -0.15) is 0 Å². The highest BCUT2D eigenvalue weighted by atomic mass is 16.3. The molecule has 2 aliphatic heterocycles. The molecular weight excluding hydrogens is 332 g/mol. The molecule has 5 rings (SSSR count). The summed E-state index contributed by atoms with van der Waals surface area (Å²) in [6.07, 6.45) is 4.02. The third-order valence-electron chi connectivity index (χ3n) is 6.49. The van der Waals surface area contributed by atoms with Crippen molar-refractivity contribution in [3.8, 4) is 0 Å². The van der Waals surface area contributed by atoms with E-state index in [2.05, 4.69) is 64.5 Å². The predicted molar refractivity (Wildman–Crippen MR) is 108 cm³/mol. The highest BCUT2D eigenvalue weighted by Crippen LogP contribution is 2.46. The van der Waals surface area contributed by atoms with Gasteiger partial charge in [0.25, 0.3) is 0 Å². The van der Waals surface area contributed by atoms with Crippen LogP contribution >= 0.6 is 0 Å². The van der Waals surface area contributed by atoms with Gasteiger partial charge in [-0.3, -0.25) is 9.88 Å². The number of rotatable bonds is 3. The first-order valence-electron chi connectivity index (χ1n) is 10.0. The zero-order valence-electron chi connectivity index (χ0n) is 15.8. The van der Waals surface area contributed by atoms with E-state index in [-0.39, 0.29) is 0 Å². The summed E-state index contributed by atoms with van der Waals surface area (Å²) in [5.74, 6) is 0. The lowest BCUT2D eigenvalue weighted by molar-refractivity contribution is -0.0594. The first kappa shape index (κ1) is 16.9. The van der Waals surface area contributed by atoms with Gasteiger partial charge in [0.1, 0.15) is 0 Å². The van der Waals surface area contributed by atoms with Crippen molar-refractivity contribution in [2.45, 2.75) is 56.8 Å². The van der Waals surface area contributed by atoms with Crippen LogP contribution in [0.3, 0.4) is 0 Å². The fraction of sp³-hybridized carbons (Fsp3) is 0.375. The van der Waals surface area contributed by atoms with Gasteiger partial charge in [-0.05, 0) is 61.9 Å². The summed E-state index contributed by atoms with van der Waals surface area (Å²) in [5.41, 5.74) is 3.73. The largest absolute Gasteiger partial charge is 0.385 e. The van der Waals surface area contributed by atoms with Crippen molar-refractivity contribution in [1.82, 2.24) is 9.88 Å². The minimum Gasteiger partial charge on any atom is -0.385 e. The monoisotopic (exact) mass is 358 g/mol. The smallest absolute Gasteiger partial charge is 0.0926 e. The van der Waals surface area contributed by atoms with Gasteiger partial charge in [0.2, 0.25) is 0 Å². The molecule has 2 bridgehead atoms. The fourth-order valence-corrected chi connectivity index (χ4v) is 5.12. The van der Waals surface area contributed by atoms with Gasteiger partial charge in [-0.1, -0.05) is 42.5 Å². The molecule has 2 aromatic carbocycles. The van der Waals surface area contributed by atoms with E-state index in [9.17, 15) is 5.11 Å². The lowest BCUT2D eigenvalue weighted by Gasteiger charge is -2.44. The molecule has 27 heavy (non-hydrogen) atoms. The Morgan fingerprint density at radius 3 is 2.48 bits per heavy atom. The highest BCUT2D eigenvalue weighted by molar-refractivity contribution is 5.79. The summed E-state index contributed by atoms with van der Waals surface area (Å²) in [6, 6.07) is 22.1. The minimum absolute atomic E-state index is 0.459. The first-order chi connectivity index (χ1) is 13.1. The maximum absolute atomic E-state index is 11.6. The summed E-state index contributed by atoms with van der Waals surface area (Å²) in [7, 11) is 0. The predicted octanol–water partition coefficient (Wildman–Crippen LogP) is 4.56. The first-order valence-corrected chi connectivity index (χ1v) is 10.0. The van der Waals surface area contributed by atoms with Crippen molar-refractivity contribution in [2.75, 3.05) is 0 Å². The van der Waals surface area contributed by atoms with E-state index >= 15 is 0 Å². The second-order valence-electron chi connectivity index (χ2n) is 8.34. The van der Waals surface area contributed by atoms with Crippen molar-refractivity contribution in [2.24, 2.45) is 0 Å². The lowest BCUT2D eigenvalue weighted by atomic mass is 9.80. The Hall–Kier alpha value is -2.23. The molecule has 138 valence electrons.